The summed E-state index contributed by atoms with van der Waals surface area (Å²) in [4.78, 5) is 26.4. The Hall–Kier alpha value is -7.25. The third-order valence-electron chi connectivity index (χ3n) is 8.98. The lowest BCUT2D eigenvalue weighted by Crippen LogP contribution is -2.09. The van der Waals surface area contributed by atoms with E-state index in [0.29, 0.717) is 0 Å². The maximum absolute atomic E-state index is 4.68. The highest BCUT2D eigenvalue weighted by atomic mass is 15.1. The van der Waals surface area contributed by atoms with Crippen molar-refractivity contribution < 1.29 is 0 Å². The molecule has 0 bridgehead atoms. The third-order valence-corrected chi connectivity index (χ3v) is 8.98. The van der Waals surface area contributed by atoms with E-state index in [2.05, 4.69) is 126 Å². The number of nitrogens with zero attached hydrogens (tertiary/aromatic N) is 4. The number of rotatable bonds is 9. The quantitative estimate of drug-likeness (QED) is 0.142. The lowest BCUT2D eigenvalue weighted by atomic mass is 10.1. The predicted octanol–water partition coefficient (Wildman–Crippen LogP) is 11.3. The number of para-hydroxylation sites is 6. The van der Waals surface area contributed by atoms with E-state index < -0.39 is 0 Å². The molecule has 0 unspecified atom stereocenters. The highest BCUT2D eigenvalue weighted by Crippen LogP contribution is 2.35. The van der Waals surface area contributed by atoms with E-state index >= 15 is 0 Å². The fraction of sp³-hybridized carbons (Fsp3) is 0. The van der Waals surface area contributed by atoms with Crippen LogP contribution in [0.5, 0.6) is 0 Å². The summed E-state index contributed by atoms with van der Waals surface area (Å²) in [5.74, 6) is 2.49. The van der Waals surface area contributed by atoms with Crippen LogP contribution in [0.1, 0.15) is 34.2 Å². The van der Waals surface area contributed by atoms with Gasteiger partial charge in [0.1, 0.15) is 17.5 Å². The average molecular weight is 672 g/mol. The Bertz CT molecular complexity index is 2320. The highest BCUT2D eigenvalue weighted by Gasteiger charge is 2.13. The molecule has 9 rings (SSSR count). The van der Waals surface area contributed by atoms with Crippen LogP contribution >= 0.6 is 0 Å². The maximum atomic E-state index is 4.68. The Morgan fingerprint density at radius 1 is 0.327 bits per heavy atom. The van der Waals surface area contributed by atoms with Crippen molar-refractivity contribution in [1.82, 2.24) is 29.9 Å². The van der Waals surface area contributed by atoms with Crippen molar-refractivity contribution in [3.05, 3.63) is 180 Å². The van der Waals surface area contributed by atoms with Crippen LogP contribution < -0.4 is 4.90 Å². The van der Waals surface area contributed by atoms with Gasteiger partial charge in [-0.15, -0.1) is 0 Å². The van der Waals surface area contributed by atoms with Crippen LogP contribution in [0, 0.1) is 0 Å². The van der Waals surface area contributed by atoms with Crippen molar-refractivity contribution in [3.63, 3.8) is 0 Å². The van der Waals surface area contributed by atoms with Crippen molar-refractivity contribution >= 4 is 86.6 Å². The molecule has 7 heteroatoms. The molecular weight excluding hydrogens is 639 g/mol. The van der Waals surface area contributed by atoms with Crippen LogP contribution in [0.2, 0.25) is 0 Å². The molecule has 0 radical (unpaired) electrons. The Kier molecular flexibility index (Phi) is 8.04. The fourth-order valence-corrected chi connectivity index (χ4v) is 6.33. The van der Waals surface area contributed by atoms with Gasteiger partial charge in [0, 0.05) is 17.1 Å². The minimum Gasteiger partial charge on any atom is -0.338 e. The second-order valence-corrected chi connectivity index (χ2v) is 12.5. The van der Waals surface area contributed by atoms with Crippen molar-refractivity contribution in [2.75, 3.05) is 4.90 Å². The van der Waals surface area contributed by atoms with E-state index in [-0.39, 0.29) is 0 Å². The first kappa shape index (κ1) is 30.8. The van der Waals surface area contributed by atoms with Gasteiger partial charge in [0.25, 0.3) is 0 Å². The first-order chi connectivity index (χ1) is 25.7. The molecule has 0 saturated heterocycles. The minimum absolute atomic E-state index is 0.829. The monoisotopic (exact) mass is 671 g/mol. The molecule has 248 valence electrons. The van der Waals surface area contributed by atoms with E-state index in [1.165, 1.54) is 0 Å². The second-order valence-electron chi connectivity index (χ2n) is 12.5. The third kappa shape index (κ3) is 6.54. The number of hydrogen-bond donors (Lipinski definition) is 3. The molecule has 52 heavy (non-hydrogen) atoms. The number of benzene rings is 6. The van der Waals surface area contributed by atoms with Crippen molar-refractivity contribution in [2.45, 2.75) is 0 Å². The number of imidazole rings is 3. The summed E-state index contributed by atoms with van der Waals surface area (Å²) in [5.41, 5.74) is 12.4. The Morgan fingerprint density at radius 3 is 0.904 bits per heavy atom. The van der Waals surface area contributed by atoms with Crippen molar-refractivity contribution in [1.29, 1.82) is 0 Å². The molecule has 0 spiro atoms. The van der Waals surface area contributed by atoms with E-state index in [4.69, 9.17) is 0 Å². The van der Waals surface area contributed by atoms with E-state index in [1.807, 2.05) is 91.0 Å². The first-order valence-electron chi connectivity index (χ1n) is 17.2. The van der Waals surface area contributed by atoms with Gasteiger partial charge in [-0.2, -0.15) is 0 Å². The molecule has 0 fully saturated rings. The molecule has 3 heterocycles. The van der Waals surface area contributed by atoms with Gasteiger partial charge in [-0.25, -0.2) is 15.0 Å². The molecule has 0 aliphatic heterocycles. The zero-order chi connectivity index (χ0) is 34.7. The fourth-order valence-electron chi connectivity index (χ4n) is 6.33. The van der Waals surface area contributed by atoms with Crippen LogP contribution in [-0.4, -0.2) is 29.9 Å². The van der Waals surface area contributed by atoms with Crippen molar-refractivity contribution in [3.8, 4) is 0 Å². The molecule has 0 saturated carbocycles. The van der Waals surface area contributed by atoms with Crippen LogP contribution in [0.4, 0.5) is 17.1 Å². The van der Waals surface area contributed by atoms with Gasteiger partial charge < -0.3 is 19.9 Å². The van der Waals surface area contributed by atoms with Crippen LogP contribution in [0.25, 0.3) is 69.6 Å². The van der Waals surface area contributed by atoms with Crippen LogP contribution in [-0.2, 0) is 0 Å². The number of hydrogen-bond acceptors (Lipinski definition) is 4. The summed E-state index contributed by atoms with van der Waals surface area (Å²) < 4.78 is 0. The van der Waals surface area contributed by atoms with Gasteiger partial charge in [-0.3, -0.25) is 0 Å². The Morgan fingerprint density at radius 2 is 0.615 bits per heavy atom. The molecule has 9 aromatic rings. The second kappa shape index (κ2) is 13.6. The summed E-state index contributed by atoms with van der Waals surface area (Å²) in [6, 6.07) is 49.9. The minimum atomic E-state index is 0.829. The van der Waals surface area contributed by atoms with Gasteiger partial charge in [0.05, 0.1) is 33.1 Å². The largest absolute Gasteiger partial charge is 0.338 e. The van der Waals surface area contributed by atoms with Gasteiger partial charge in [0.2, 0.25) is 0 Å². The summed E-state index contributed by atoms with van der Waals surface area (Å²) in [6.45, 7) is 0. The standard InChI is InChI=1S/C45H33N7/c1-2-8-38-37(7-1)46-43(47-38)28-19-31-13-22-34(23-14-31)52(35-24-15-32(16-25-35)20-29-44-48-39-9-3-4-10-40(39)49-44)36-26-17-33(18-27-36)21-30-45-50-41-11-5-6-12-42(41)51-45/h1-30H,(H,46,47)(H,48,49)(H,50,51)/b28-19+,29-20?,30-21?. The SMILES string of the molecule is C(=Cc1nc2ccccc2[nH]1)c1ccc(N(c2ccc(C=Cc3nc4ccccc4[nH]3)cc2)c2ccc(/C=C/c3nc4ccccc4[nH]3)cc2)cc1. The van der Waals surface area contributed by atoms with E-state index in [0.717, 1.165) is 84.3 Å². The van der Waals surface area contributed by atoms with E-state index in [1.54, 1.807) is 0 Å². The lowest BCUT2D eigenvalue weighted by Gasteiger charge is -2.26. The number of fused-ring (bicyclic) bond motifs is 3. The van der Waals surface area contributed by atoms with Gasteiger partial charge >= 0.3 is 0 Å². The van der Waals surface area contributed by atoms with E-state index in [9.17, 15) is 0 Å². The van der Waals surface area contributed by atoms with Crippen molar-refractivity contribution in [2.24, 2.45) is 0 Å². The zero-order valence-corrected chi connectivity index (χ0v) is 28.1. The van der Waals surface area contributed by atoms with Gasteiger partial charge in [0.15, 0.2) is 0 Å². The van der Waals surface area contributed by atoms with Crippen LogP contribution in [0.15, 0.2) is 146 Å². The molecule has 3 aromatic heterocycles. The van der Waals surface area contributed by atoms with Crippen LogP contribution in [0.3, 0.4) is 0 Å². The molecule has 3 N–H and O–H groups in total. The Balaban J connectivity index is 0.989. The molecule has 0 atom stereocenters. The maximum Gasteiger partial charge on any atom is 0.131 e. The summed E-state index contributed by atoms with van der Waals surface area (Å²) in [7, 11) is 0. The number of aromatic amines is 3. The molecule has 0 aliphatic carbocycles. The summed E-state index contributed by atoms with van der Waals surface area (Å²) >= 11 is 0. The Labute approximate surface area is 300 Å². The number of nitrogens with one attached hydrogen (secondary N) is 3. The molecule has 0 aliphatic rings. The average Bonchev–Trinajstić information content (AvgIpc) is 3.93. The number of aromatic nitrogens is 6. The molecule has 0 amide bonds. The highest BCUT2D eigenvalue weighted by molar-refractivity contribution is 5.83. The summed E-state index contributed by atoms with van der Waals surface area (Å²) in [6.07, 6.45) is 12.3. The zero-order valence-electron chi connectivity index (χ0n) is 28.1. The van der Waals surface area contributed by atoms with Gasteiger partial charge in [-0.1, -0.05) is 91.0 Å². The predicted molar refractivity (Wildman–Crippen MR) is 216 cm³/mol. The molecular formula is C45H33N7. The normalized spacial score (nSPS) is 12.0. The smallest absolute Gasteiger partial charge is 0.131 e. The lowest BCUT2D eigenvalue weighted by molar-refractivity contribution is 1.28. The topological polar surface area (TPSA) is 89.3 Å². The molecule has 6 aromatic carbocycles. The summed E-state index contributed by atoms with van der Waals surface area (Å²) in [5, 5.41) is 0. The van der Waals surface area contributed by atoms with Gasteiger partial charge in [-0.05, 0) is 108 Å². The molecule has 7 nitrogen and oxygen atoms in total. The first-order valence-corrected chi connectivity index (χ1v) is 17.2. The number of anilines is 3. The number of H-pyrrole nitrogens is 3.